The first-order chi connectivity index (χ1) is 32.8. The van der Waals surface area contributed by atoms with Crippen molar-refractivity contribution in [3.05, 3.63) is 223 Å². The molecule has 0 amide bonds. The smallest absolute Gasteiger partial charge is 0.179 e. The SMILES string of the molecule is Cc1ccc2c(c1)C1(C)CCCCC1(C)N2c1ccc2c(c1)c1sc3ccc(-c4ccc5ccccc5c4)cc3c1n2-c1ccc([Si](c2ccccc2)(c2ccccc2)c2ccccc2)cc1. The average Bonchev–Trinajstić information content (AvgIpc) is 3.97. The van der Waals surface area contributed by atoms with Crippen molar-refractivity contribution < 1.29 is 0 Å². The van der Waals surface area contributed by atoms with Gasteiger partial charge >= 0.3 is 0 Å². The van der Waals surface area contributed by atoms with Crippen molar-refractivity contribution in [2.45, 2.75) is 57.4 Å². The van der Waals surface area contributed by atoms with Gasteiger partial charge in [-0.1, -0.05) is 183 Å². The van der Waals surface area contributed by atoms with Gasteiger partial charge in [-0.15, -0.1) is 11.3 Å². The van der Waals surface area contributed by atoms with Crippen LogP contribution in [-0.4, -0.2) is 18.2 Å². The van der Waals surface area contributed by atoms with E-state index in [2.05, 4.69) is 243 Å². The van der Waals surface area contributed by atoms with Crippen molar-refractivity contribution in [1.29, 1.82) is 0 Å². The maximum atomic E-state index is 2.74. The summed E-state index contributed by atoms with van der Waals surface area (Å²) in [6.07, 6.45) is 4.93. The maximum Gasteiger partial charge on any atom is 0.179 e. The first-order valence-corrected chi connectivity index (χ1v) is 26.9. The topological polar surface area (TPSA) is 8.17 Å². The zero-order valence-electron chi connectivity index (χ0n) is 38.3. The molecule has 9 aromatic carbocycles. The highest BCUT2D eigenvalue weighted by molar-refractivity contribution is 7.26. The molecule has 0 spiro atoms. The molecule has 324 valence electrons. The van der Waals surface area contributed by atoms with Crippen LogP contribution < -0.4 is 25.6 Å². The summed E-state index contributed by atoms with van der Waals surface area (Å²) >= 11 is 1.94. The number of nitrogens with zero attached hydrogens (tertiary/aromatic N) is 2. The molecule has 2 aromatic heterocycles. The lowest BCUT2D eigenvalue weighted by Crippen LogP contribution is -2.74. The van der Waals surface area contributed by atoms with Crippen LogP contribution in [0, 0.1) is 6.92 Å². The van der Waals surface area contributed by atoms with Crippen LogP contribution in [0.15, 0.2) is 212 Å². The third-order valence-corrected chi connectivity index (χ3v) is 22.1. The second kappa shape index (κ2) is 15.3. The van der Waals surface area contributed by atoms with Crippen LogP contribution in [-0.2, 0) is 5.41 Å². The number of aryl methyl sites for hydroxylation is 1. The Morgan fingerprint density at radius 3 is 1.79 bits per heavy atom. The van der Waals surface area contributed by atoms with E-state index in [-0.39, 0.29) is 11.0 Å². The predicted octanol–water partition coefficient (Wildman–Crippen LogP) is 14.2. The molecule has 0 saturated heterocycles. The van der Waals surface area contributed by atoms with E-state index in [1.54, 1.807) is 0 Å². The Hall–Kier alpha value is -6.98. The number of fused-ring (bicyclic) bond motifs is 9. The molecule has 13 rings (SSSR count). The lowest BCUT2D eigenvalue weighted by Gasteiger charge is -2.50. The monoisotopic (exact) mass is 896 g/mol. The Morgan fingerprint density at radius 2 is 1.09 bits per heavy atom. The Kier molecular flexibility index (Phi) is 9.19. The molecule has 11 aromatic rings. The Morgan fingerprint density at radius 1 is 0.493 bits per heavy atom. The molecule has 2 unspecified atom stereocenters. The van der Waals surface area contributed by atoms with Crippen LogP contribution in [0.3, 0.4) is 0 Å². The van der Waals surface area contributed by atoms with Crippen LogP contribution in [0.2, 0.25) is 0 Å². The molecule has 0 N–H and O–H groups in total. The summed E-state index contributed by atoms with van der Waals surface area (Å²) in [5.74, 6) is 0. The van der Waals surface area contributed by atoms with Gasteiger partial charge in [0.1, 0.15) is 0 Å². The number of aromatic nitrogens is 1. The fraction of sp³-hybridized carbons (Fsp3) is 0.143. The molecule has 0 bridgehead atoms. The first kappa shape index (κ1) is 40.3. The second-order valence-electron chi connectivity index (χ2n) is 19.7. The quantitative estimate of drug-likeness (QED) is 0.114. The first-order valence-electron chi connectivity index (χ1n) is 24.0. The van der Waals surface area contributed by atoms with Crippen LogP contribution in [0.1, 0.15) is 50.7 Å². The zero-order valence-corrected chi connectivity index (χ0v) is 40.2. The summed E-state index contributed by atoms with van der Waals surface area (Å²) in [5, 5.41) is 10.7. The highest BCUT2D eigenvalue weighted by Gasteiger charge is 2.57. The van der Waals surface area contributed by atoms with E-state index < -0.39 is 8.07 Å². The molecule has 2 nitrogen and oxygen atoms in total. The highest BCUT2D eigenvalue weighted by atomic mass is 32.1. The minimum absolute atomic E-state index is 0.0197. The zero-order chi connectivity index (χ0) is 44.9. The minimum atomic E-state index is -2.71. The molecule has 2 aliphatic rings. The summed E-state index contributed by atoms with van der Waals surface area (Å²) in [4.78, 5) is 2.74. The Labute approximate surface area is 398 Å². The number of hydrogen-bond acceptors (Lipinski definition) is 2. The molecule has 2 atom stereocenters. The summed E-state index contributed by atoms with van der Waals surface area (Å²) < 4.78 is 5.23. The standard InChI is InChI=1S/C63H52N2SSi/c1-43-25-34-58-56(39-43)62(2)37-15-16-38-63(62,3)65(58)49-31-35-57-54(42-49)61-60(55-41-47(28-36-59(55)66-61)46-27-26-44-17-13-14-18-45(44)40-46)64(57)48-29-32-53(33-30-48)67(50-19-7-4-8-20-50,51-21-9-5-10-22-51)52-23-11-6-12-24-52/h4-14,17-36,39-42H,15-16,37-38H2,1-3H3. The fourth-order valence-electron chi connectivity index (χ4n) is 12.6. The molecular formula is C63H52N2SSi. The maximum absolute atomic E-state index is 2.74. The van der Waals surface area contributed by atoms with Gasteiger partial charge in [-0.2, -0.15) is 0 Å². The van der Waals surface area contributed by atoms with E-state index in [1.807, 2.05) is 11.3 Å². The molecule has 1 fully saturated rings. The number of benzene rings is 9. The van der Waals surface area contributed by atoms with Gasteiger partial charge in [0.05, 0.1) is 21.3 Å². The van der Waals surface area contributed by atoms with Gasteiger partial charge in [-0.05, 0) is 129 Å². The van der Waals surface area contributed by atoms with Crippen molar-refractivity contribution in [2.24, 2.45) is 0 Å². The van der Waals surface area contributed by atoms with Crippen LogP contribution in [0.5, 0.6) is 0 Å². The number of anilines is 2. The lowest BCUT2D eigenvalue weighted by molar-refractivity contribution is 0.195. The van der Waals surface area contributed by atoms with E-state index >= 15 is 0 Å². The van der Waals surface area contributed by atoms with Crippen LogP contribution >= 0.6 is 11.3 Å². The van der Waals surface area contributed by atoms with Gasteiger partial charge in [-0.3, -0.25) is 0 Å². The third-order valence-electron chi connectivity index (χ3n) is 16.1. The molecule has 3 heterocycles. The summed E-state index contributed by atoms with van der Waals surface area (Å²) in [7, 11) is -2.71. The molecule has 1 saturated carbocycles. The number of thiophene rings is 1. The minimum Gasteiger partial charge on any atom is -0.334 e. The van der Waals surface area contributed by atoms with Crippen molar-refractivity contribution in [3.8, 4) is 16.8 Å². The predicted molar refractivity (Wildman–Crippen MR) is 290 cm³/mol. The molecule has 1 aliphatic carbocycles. The van der Waals surface area contributed by atoms with Gasteiger partial charge in [0.15, 0.2) is 8.07 Å². The highest BCUT2D eigenvalue weighted by Crippen LogP contribution is 2.61. The fourth-order valence-corrected chi connectivity index (χ4v) is 18.6. The average molecular weight is 897 g/mol. The van der Waals surface area contributed by atoms with E-state index in [1.165, 1.54) is 128 Å². The molecule has 1 aliphatic heterocycles. The molecule has 0 radical (unpaired) electrons. The van der Waals surface area contributed by atoms with E-state index in [0.717, 1.165) is 0 Å². The van der Waals surface area contributed by atoms with Crippen LogP contribution in [0.25, 0.3) is 58.8 Å². The number of hydrogen-bond donors (Lipinski definition) is 0. The Balaban J connectivity index is 1.05. The normalized spacial score (nSPS) is 18.2. The van der Waals surface area contributed by atoms with Gasteiger partial charge in [-0.25, -0.2) is 0 Å². The van der Waals surface area contributed by atoms with E-state index in [0.29, 0.717) is 0 Å². The molecular weight excluding hydrogens is 845 g/mol. The van der Waals surface area contributed by atoms with Crippen molar-refractivity contribution in [1.82, 2.24) is 4.57 Å². The summed E-state index contributed by atoms with van der Waals surface area (Å²) in [6, 6.07) is 80.8. The van der Waals surface area contributed by atoms with Crippen molar-refractivity contribution >= 4 is 93.5 Å². The summed E-state index contributed by atoms with van der Waals surface area (Å²) in [6.45, 7) is 7.35. The molecule has 67 heavy (non-hydrogen) atoms. The van der Waals surface area contributed by atoms with Crippen molar-refractivity contribution in [2.75, 3.05) is 4.90 Å². The second-order valence-corrected chi connectivity index (χ2v) is 24.5. The van der Waals surface area contributed by atoms with E-state index in [4.69, 9.17) is 0 Å². The summed E-state index contributed by atoms with van der Waals surface area (Å²) in [5.41, 5.74) is 11.8. The van der Waals surface area contributed by atoms with Crippen molar-refractivity contribution in [3.63, 3.8) is 0 Å². The van der Waals surface area contributed by atoms with Gasteiger partial charge in [0.25, 0.3) is 0 Å². The van der Waals surface area contributed by atoms with Crippen LogP contribution in [0.4, 0.5) is 11.4 Å². The number of rotatable bonds is 7. The third kappa shape index (κ3) is 5.92. The van der Waals surface area contributed by atoms with E-state index in [9.17, 15) is 0 Å². The van der Waals surface area contributed by atoms with Gasteiger partial charge < -0.3 is 9.47 Å². The van der Waals surface area contributed by atoms with Gasteiger partial charge in [0.2, 0.25) is 0 Å². The van der Waals surface area contributed by atoms with Gasteiger partial charge in [0, 0.05) is 37.9 Å². The lowest BCUT2D eigenvalue weighted by atomic mass is 9.61. The Bertz CT molecular complexity index is 3590. The molecule has 4 heteroatoms. The largest absolute Gasteiger partial charge is 0.334 e.